The summed E-state index contributed by atoms with van der Waals surface area (Å²) >= 11 is 3.38. The minimum absolute atomic E-state index is 0.600. The highest BCUT2D eigenvalue weighted by atomic mass is 79.9. The molecular formula is C9H9BrN4. The third-order valence-electron chi connectivity index (χ3n) is 1.83. The van der Waals surface area contributed by atoms with E-state index in [-0.39, 0.29) is 0 Å². The van der Waals surface area contributed by atoms with Crippen molar-refractivity contribution in [2.24, 2.45) is 0 Å². The molecule has 0 fully saturated rings. The van der Waals surface area contributed by atoms with E-state index in [1.807, 2.05) is 24.3 Å². The van der Waals surface area contributed by atoms with Gasteiger partial charge in [0.2, 0.25) is 5.95 Å². The van der Waals surface area contributed by atoms with Crippen LogP contribution in [-0.4, -0.2) is 22.2 Å². The highest BCUT2D eigenvalue weighted by Gasteiger charge is 2.03. The number of H-pyrrole nitrogens is 1. The first kappa shape index (κ1) is 9.21. The summed E-state index contributed by atoms with van der Waals surface area (Å²) in [6.45, 7) is 0. The van der Waals surface area contributed by atoms with Crippen molar-refractivity contribution in [1.82, 2.24) is 15.2 Å². The third kappa shape index (κ3) is 1.77. The van der Waals surface area contributed by atoms with Gasteiger partial charge < -0.3 is 5.32 Å². The molecule has 0 radical (unpaired) electrons. The van der Waals surface area contributed by atoms with Gasteiger partial charge in [-0.05, 0) is 12.1 Å². The Bertz CT molecular complexity index is 421. The molecule has 0 aliphatic heterocycles. The van der Waals surface area contributed by atoms with Crippen molar-refractivity contribution in [2.45, 2.75) is 0 Å². The number of nitrogens with zero attached hydrogens (tertiary/aromatic N) is 2. The molecule has 5 heteroatoms. The molecule has 0 aliphatic carbocycles. The number of nitrogens with one attached hydrogen (secondary N) is 2. The molecule has 0 amide bonds. The quantitative estimate of drug-likeness (QED) is 0.863. The average molecular weight is 253 g/mol. The van der Waals surface area contributed by atoms with Gasteiger partial charge >= 0.3 is 0 Å². The Morgan fingerprint density at radius 3 is 2.57 bits per heavy atom. The van der Waals surface area contributed by atoms with Crippen molar-refractivity contribution < 1.29 is 0 Å². The van der Waals surface area contributed by atoms with E-state index in [1.165, 1.54) is 0 Å². The molecule has 2 N–H and O–H groups in total. The van der Waals surface area contributed by atoms with E-state index in [1.54, 1.807) is 7.05 Å². The Kier molecular flexibility index (Phi) is 2.49. The van der Waals surface area contributed by atoms with Gasteiger partial charge in [-0.1, -0.05) is 28.1 Å². The molecule has 1 aromatic heterocycles. The second kappa shape index (κ2) is 3.79. The van der Waals surface area contributed by atoms with E-state index >= 15 is 0 Å². The Labute approximate surface area is 89.9 Å². The molecule has 2 rings (SSSR count). The number of anilines is 1. The van der Waals surface area contributed by atoms with Crippen molar-refractivity contribution in [3.05, 3.63) is 28.7 Å². The van der Waals surface area contributed by atoms with Crippen LogP contribution in [0.15, 0.2) is 28.7 Å². The number of aromatic amines is 1. The molecule has 72 valence electrons. The Hall–Kier alpha value is -1.36. The fraction of sp³-hybridized carbons (Fsp3) is 0.111. The summed E-state index contributed by atoms with van der Waals surface area (Å²) in [6, 6.07) is 7.89. The van der Waals surface area contributed by atoms with Crippen molar-refractivity contribution >= 4 is 21.9 Å². The zero-order chi connectivity index (χ0) is 9.97. The minimum Gasteiger partial charge on any atom is -0.356 e. The van der Waals surface area contributed by atoms with Crippen LogP contribution in [0.1, 0.15) is 0 Å². The smallest absolute Gasteiger partial charge is 0.242 e. The number of benzene rings is 1. The fourth-order valence-corrected chi connectivity index (χ4v) is 1.37. The van der Waals surface area contributed by atoms with Crippen molar-refractivity contribution in [3.8, 4) is 11.4 Å². The molecule has 0 saturated carbocycles. The normalized spacial score (nSPS) is 10.1. The Morgan fingerprint density at radius 1 is 1.29 bits per heavy atom. The minimum atomic E-state index is 0.600. The maximum Gasteiger partial charge on any atom is 0.242 e. The van der Waals surface area contributed by atoms with E-state index < -0.39 is 0 Å². The molecule has 0 atom stereocenters. The maximum atomic E-state index is 4.24. The molecule has 0 aliphatic rings. The van der Waals surface area contributed by atoms with Gasteiger partial charge in [-0.3, -0.25) is 5.10 Å². The largest absolute Gasteiger partial charge is 0.356 e. The van der Waals surface area contributed by atoms with Crippen LogP contribution in [0, 0.1) is 0 Å². The second-order valence-corrected chi connectivity index (χ2v) is 3.68. The van der Waals surface area contributed by atoms with Crippen LogP contribution in [0.25, 0.3) is 11.4 Å². The molecule has 1 heterocycles. The van der Waals surface area contributed by atoms with Gasteiger partial charge in [-0.15, -0.1) is 5.10 Å². The van der Waals surface area contributed by atoms with Gasteiger partial charge in [0.05, 0.1) is 0 Å². The van der Waals surface area contributed by atoms with E-state index in [0.717, 1.165) is 15.9 Å². The lowest BCUT2D eigenvalue weighted by Gasteiger charge is -1.94. The number of halogens is 1. The molecule has 0 spiro atoms. The summed E-state index contributed by atoms with van der Waals surface area (Å²) in [5, 5.41) is 9.69. The van der Waals surface area contributed by atoms with Gasteiger partial charge in [0.15, 0.2) is 5.82 Å². The number of hydrogen-bond donors (Lipinski definition) is 2. The van der Waals surface area contributed by atoms with Gasteiger partial charge in [0.1, 0.15) is 0 Å². The molecule has 0 unspecified atom stereocenters. The third-order valence-corrected chi connectivity index (χ3v) is 2.36. The van der Waals surface area contributed by atoms with Crippen LogP contribution in [0.2, 0.25) is 0 Å². The summed E-state index contributed by atoms with van der Waals surface area (Å²) in [5.41, 5.74) is 1.02. The van der Waals surface area contributed by atoms with Crippen molar-refractivity contribution in [3.63, 3.8) is 0 Å². The summed E-state index contributed by atoms with van der Waals surface area (Å²) in [7, 11) is 1.79. The van der Waals surface area contributed by atoms with E-state index in [4.69, 9.17) is 0 Å². The number of aromatic nitrogens is 3. The zero-order valence-electron chi connectivity index (χ0n) is 7.58. The van der Waals surface area contributed by atoms with Gasteiger partial charge in [0, 0.05) is 17.1 Å². The van der Waals surface area contributed by atoms with Crippen LogP contribution >= 0.6 is 15.9 Å². The van der Waals surface area contributed by atoms with Crippen molar-refractivity contribution in [1.29, 1.82) is 0 Å². The predicted octanol–water partition coefficient (Wildman–Crippen LogP) is 2.28. The van der Waals surface area contributed by atoms with Gasteiger partial charge in [-0.25, -0.2) is 0 Å². The lowest BCUT2D eigenvalue weighted by Crippen LogP contribution is -1.89. The standard InChI is InChI=1S/C9H9BrN4/c1-11-9-12-8(13-14-9)6-2-4-7(10)5-3-6/h2-5H,1H3,(H2,11,12,13,14). The molecule has 4 nitrogen and oxygen atoms in total. The van der Waals surface area contributed by atoms with Crippen LogP contribution in [-0.2, 0) is 0 Å². The molecule has 0 saturated heterocycles. The lowest BCUT2D eigenvalue weighted by molar-refractivity contribution is 1.09. The molecule has 1 aromatic carbocycles. The van der Waals surface area contributed by atoms with Gasteiger partial charge in [-0.2, -0.15) is 4.98 Å². The zero-order valence-corrected chi connectivity index (χ0v) is 9.17. The van der Waals surface area contributed by atoms with Crippen LogP contribution in [0.4, 0.5) is 5.95 Å². The first-order chi connectivity index (χ1) is 6.79. The predicted molar refractivity (Wildman–Crippen MR) is 59.1 cm³/mol. The van der Waals surface area contributed by atoms with Crippen LogP contribution < -0.4 is 5.32 Å². The molecule has 0 bridgehead atoms. The van der Waals surface area contributed by atoms with Gasteiger partial charge in [0.25, 0.3) is 0 Å². The summed E-state index contributed by atoms with van der Waals surface area (Å²) < 4.78 is 1.05. The lowest BCUT2D eigenvalue weighted by atomic mass is 10.2. The van der Waals surface area contributed by atoms with E-state index in [0.29, 0.717) is 5.95 Å². The van der Waals surface area contributed by atoms with E-state index in [9.17, 15) is 0 Å². The molecule has 2 aromatic rings. The van der Waals surface area contributed by atoms with Crippen molar-refractivity contribution in [2.75, 3.05) is 12.4 Å². The monoisotopic (exact) mass is 252 g/mol. The molecular weight excluding hydrogens is 244 g/mol. The summed E-state index contributed by atoms with van der Waals surface area (Å²) in [4.78, 5) is 4.24. The Balaban J connectivity index is 2.34. The molecule has 14 heavy (non-hydrogen) atoms. The Morgan fingerprint density at radius 2 is 2.00 bits per heavy atom. The average Bonchev–Trinajstić information content (AvgIpc) is 2.67. The summed E-state index contributed by atoms with van der Waals surface area (Å²) in [5.74, 6) is 1.37. The SMILES string of the molecule is CNc1n[nH]c(-c2ccc(Br)cc2)n1. The first-order valence-corrected chi connectivity index (χ1v) is 4.95. The highest BCUT2D eigenvalue weighted by molar-refractivity contribution is 9.10. The number of hydrogen-bond acceptors (Lipinski definition) is 3. The van der Waals surface area contributed by atoms with Crippen LogP contribution in [0.3, 0.4) is 0 Å². The number of rotatable bonds is 2. The van der Waals surface area contributed by atoms with Crippen LogP contribution in [0.5, 0.6) is 0 Å². The van der Waals surface area contributed by atoms with E-state index in [2.05, 4.69) is 36.4 Å². The topological polar surface area (TPSA) is 53.6 Å². The highest BCUT2D eigenvalue weighted by Crippen LogP contribution is 2.18. The fourth-order valence-electron chi connectivity index (χ4n) is 1.11. The summed E-state index contributed by atoms with van der Waals surface area (Å²) in [6.07, 6.45) is 0. The first-order valence-electron chi connectivity index (χ1n) is 4.15. The maximum absolute atomic E-state index is 4.24. The second-order valence-electron chi connectivity index (χ2n) is 2.76.